The summed E-state index contributed by atoms with van der Waals surface area (Å²) in [5, 5.41) is 6.97. The lowest BCUT2D eigenvalue weighted by Crippen LogP contribution is -2.56. The van der Waals surface area contributed by atoms with Crippen molar-refractivity contribution in [1.29, 1.82) is 0 Å². The minimum absolute atomic E-state index is 0.0554. The van der Waals surface area contributed by atoms with Gasteiger partial charge < -0.3 is 26.4 Å². The van der Waals surface area contributed by atoms with Crippen molar-refractivity contribution in [3.63, 3.8) is 0 Å². The third-order valence-corrected chi connectivity index (χ3v) is 3.33. The maximum atomic E-state index is 12.5. The highest BCUT2D eigenvalue weighted by Crippen LogP contribution is 2.07. The fourth-order valence-corrected chi connectivity index (χ4v) is 2.20. The van der Waals surface area contributed by atoms with Crippen molar-refractivity contribution in [3.8, 4) is 0 Å². The largest absolute Gasteiger partial charge is 0.444 e. The molecule has 12 heteroatoms. The number of amides is 5. The Kier molecular flexibility index (Phi) is 10.7. The second-order valence-electron chi connectivity index (χ2n) is 7.85. The molecule has 0 saturated heterocycles. The molecule has 166 valence electrons. The Bertz CT molecular complexity index is 616. The fourth-order valence-electron chi connectivity index (χ4n) is 2.20. The van der Waals surface area contributed by atoms with Crippen molar-refractivity contribution in [3.05, 3.63) is 0 Å². The number of carbonyl (C=O) groups excluding carboxylic acids is 5. The molecule has 29 heavy (non-hydrogen) atoms. The molecule has 0 saturated carbocycles. The van der Waals surface area contributed by atoms with Crippen LogP contribution in [0.25, 0.3) is 0 Å². The standard InChI is InChI=1S/C17H32N6O6/c1-9(2)6-10(15(27)23-19)22-14(26)11(7-12(18)24)21-13(25)8-20-16(28)29-17(3,4)5/h9-11H,6-8,19H2,1-5H3,(H2,18,24)(H,20,28)(H,21,25)(H,22,26)(H,23,27)/t10-,11-/m0/s1. The van der Waals surface area contributed by atoms with Gasteiger partial charge in [-0.1, -0.05) is 13.8 Å². The van der Waals surface area contributed by atoms with Crippen molar-refractivity contribution >= 4 is 29.7 Å². The van der Waals surface area contributed by atoms with E-state index in [0.29, 0.717) is 0 Å². The lowest BCUT2D eigenvalue weighted by atomic mass is 10.0. The van der Waals surface area contributed by atoms with E-state index in [2.05, 4.69) is 16.0 Å². The molecule has 0 heterocycles. The number of hydrazine groups is 1. The highest BCUT2D eigenvalue weighted by Gasteiger charge is 2.28. The fraction of sp³-hybridized carbons (Fsp3) is 0.706. The maximum Gasteiger partial charge on any atom is 0.408 e. The van der Waals surface area contributed by atoms with Crippen LogP contribution in [0, 0.1) is 5.92 Å². The van der Waals surface area contributed by atoms with Gasteiger partial charge >= 0.3 is 6.09 Å². The van der Waals surface area contributed by atoms with Crippen LogP contribution in [0.5, 0.6) is 0 Å². The van der Waals surface area contributed by atoms with Gasteiger partial charge in [0.05, 0.1) is 6.42 Å². The molecule has 0 aromatic carbocycles. The Hall–Kier alpha value is -2.89. The van der Waals surface area contributed by atoms with Gasteiger partial charge in [-0.25, -0.2) is 10.6 Å². The highest BCUT2D eigenvalue weighted by atomic mass is 16.6. The molecule has 2 atom stereocenters. The predicted molar refractivity (Wildman–Crippen MR) is 104 cm³/mol. The molecule has 0 aromatic rings. The molecule has 8 N–H and O–H groups in total. The first kappa shape index (κ1) is 26.1. The van der Waals surface area contributed by atoms with E-state index in [1.807, 2.05) is 19.3 Å². The van der Waals surface area contributed by atoms with E-state index in [4.69, 9.17) is 16.3 Å². The van der Waals surface area contributed by atoms with Crippen LogP contribution < -0.4 is 33.0 Å². The van der Waals surface area contributed by atoms with E-state index in [-0.39, 0.29) is 12.3 Å². The Morgan fingerprint density at radius 3 is 2.00 bits per heavy atom. The van der Waals surface area contributed by atoms with Crippen LogP contribution in [-0.2, 0) is 23.9 Å². The van der Waals surface area contributed by atoms with Crippen molar-refractivity contribution < 1.29 is 28.7 Å². The van der Waals surface area contributed by atoms with Gasteiger partial charge in [-0.3, -0.25) is 24.6 Å². The molecule has 0 aliphatic heterocycles. The lowest BCUT2D eigenvalue weighted by Gasteiger charge is -2.23. The molecular weight excluding hydrogens is 384 g/mol. The topological polar surface area (TPSA) is 195 Å². The maximum absolute atomic E-state index is 12.5. The molecular formula is C17H32N6O6. The molecule has 0 aliphatic carbocycles. The zero-order valence-corrected chi connectivity index (χ0v) is 17.5. The van der Waals surface area contributed by atoms with Crippen molar-refractivity contribution in [1.82, 2.24) is 21.4 Å². The normalized spacial score (nSPS) is 13.1. The quantitative estimate of drug-likeness (QED) is 0.140. The number of nitrogens with one attached hydrogen (secondary N) is 4. The average Bonchev–Trinajstić information content (AvgIpc) is 2.55. The highest BCUT2D eigenvalue weighted by molar-refractivity contribution is 5.95. The third-order valence-electron chi connectivity index (χ3n) is 3.33. The molecule has 0 aliphatic rings. The summed E-state index contributed by atoms with van der Waals surface area (Å²) in [4.78, 5) is 59.3. The molecule has 0 rings (SSSR count). The molecule has 5 amide bonds. The van der Waals surface area contributed by atoms with Crippen LogP contribution >= 0.6 is 0 Å². The van der Waals surface area contributed by atoms with Crippen LogP contribution in [0.15, 0.2) is 0 Å². The van der Waals surface area contributed by atoms with E-state index in [1.165, 1.54) is 0 Å². The SMILES string of the molecule is CC(C)C[C@H](NC(=O)[C@H](CC(N)=O)NC(=O)CNC(=O)OC(C)(C)C)C(=O)NN. The minimum Gasteiger partial charge on any atom is -0.444 e. The van der Waals surface area contributed by atoms with Crippen LogP contribution in [0.3, 0.4) is 0 Å². The van der Waals surface area contributed by atoms with Crippen molar-refractivity contribution in [2.75, 3.05) is 6.54 Å². The Morgan fingerprint density at radius 2 is 1.55 bits per heavy atom. The summed E-state index contributed by atoms with van der Waals surface area (Å²) in [6, 6.07) is -2.29. The molecule has 0 bridgehead atoms. The van der Waals surface area contributed by atoms with Crippen molar-refractivity contribution in [2.45, 2.75) is 65.1 Å². The Morgan fingerprint density at radius 1 is 0.966 bits per heavy atom. The van der Waals surface area contributed by atoms with Gasteiger partial charge in [-0.2, -0.15) is 0 Å². The van der Waals surface area contributed by atoms with Gasteiger partial charge in [0.25, 0.3) is 5.91 Å². The molecule has 0 aromatic heterocycles. The number of carbonyl (C=O) groups is 5. The van der Waals surface area contributed by atoms with Gasteiger partial charge in [0.2, 0.25) is 17.7 Å². The first-order valence-corrected chi connectivity index (χ1v) is 9.10. The summed E-state index contributed by atoms with van der Waals surface area (Å²) in [5.74, 6) is 2.18. The van der Waals surface area contributed by atoms with Crippen LogP contribution in [0.4, 0.5) is 4.79 Å². The van der Waals surface area contributed by atoms with E-state index >= 15 is 0 Å². The van der Waals surface area contributed by atoms with Crippen LogP contribution in [0.2, 0.25) is 0 Å². The molecule has 0 fully saturated rings. The minimum atomic E-state index is -1.33. The van der Waals surface area contributed by atoms with Gasteiger partial charge in [0.15, 0.2) is 0 Å². The summed E-state index contributed by atoms with van der Waals surface area (Å²) in [6.07, 6.45) is -1.03. The number of rotatable bonds is 10. The van der Waals surface area contributed by atoms with Crippen LogP contribution in [-0.4, -0.2) is 54.0 Å². The average molecular weight is 416 g/mol. The van der Waals surface area contributed by atoms with Crippen molar-refractivity contribution in [2.24, 2.45) is 17.5 Å². The summed E-state index contributed by atoms with van der Waals surface area (Å²) < 4.78 is 4.99. The zero-order chi connectivity index (χ0) is 22.8. The Balaban J connectivity index is 4.98. The number of hydrogen-bond acceptors (Lipinski definition) is 7. The number of nitrogens with two attached hydrogens (primary N) is 2. The number of ether oxygens (including phenoxy) is 1. The smallest absolute Gasteiger partial charge is 0.408 e. The van der Waals surface area contributed by atoms with Gasteiger partial charge in [-0.05, 0) is 33.1 Å². The summed E-state index contributed by atoms with van der Waals surface area (Å²) >= 11 is 0. The Labute approximate surface area is 169 Å². The summed E-state index contributed by atoms with van der Waals surface area (Å²) in [6.45, 7) is 8.17. The summed E-state index contributed by atoms with van der Waals surface area (Å²) in [5.41, 5.74) is 6.34. The molecule has 0 radical (unpaired) electrons. The van der Waals surface area contributed by atoms with E-state index < -0.39 is 60.4 Å². The second-order valence-corrected chi connectivity index (χ2v) is 7.85. The van der Waals surface area contributed by atoms with E-state index in [0.717, 1.165) is 0 Å². The van der Waals surface area contributed by atoms with E-state index in [9.17, 15) is 24.0 Å². The number of alkyl carbamates (subject to hydrolysis) is 1. The van der Waals surface area contributed by atoms with E-state index in [1.54, 1.807) is 20.8 Å². The first-order valence-electron chi connectivity index (χ1n) is 9.10. The third kappa shape index (κ3) is 12.2. The number of hydrogen-bond donors (Lipinski definition) is 6. The zero-order valence-electron chi connectivity index (χ0n) is 17.5. The van der Waals surface area contributed by atoms with Gasteiger partial charge in [-0.15, -0.1) is 0 Å². The van der Waals surface area contributed by atoms with Gasteiger partial charge in [0, 0.05) is 0 Å². The van der Waals surface area contributed by atoms with Crippen LogP contribution in [0.1, 0.15) is 47.5 Å². The van der Waals surface area contributed by atoms with Gasteiger partial charge in [0.1, 0.15) is 24.2 Å². The monoisotopic (exact) mass is 416 g/mol. The predicted octanol–water partition coefficient (Wildman–Crippen LogP) is -1.61. The molecule has 0 unspecified atom stereocenters. The second kappa shape index (κ2) is 11.8. The molecule has 12 nitrogen and oxygen atoms in total. The summed E-state index contributed by atoms with van der Waals surface area (Å²) in [7, 11) is 0. The lowest BCUT2D eigenvalue weighted by molar-refractivity contribution is -0.133. The number of primary amides is 1. The molecule has 0 spiro atoms. The first-order chi connectivity index (χ1) is 13.2.